The van der Waals surface area contributed by atoms with E-state index in [1.165, 1.54) is 0 Å². The zero-order valence-corrected chi connectivity index (χ0v) is 5.73. The maximum absolute atomic E-state index is 3.95. The van der Waals surface area contributed by atoms with Gasteiger partial charge in [-0.25, -0.2) is 5.53 Å². The van der Waals surface area contributed by atoms with Gasteiger partial charge in [0.2, 0.25) is 0 Å². The first kappa shape index (κ1) is 6.35. The predicted molar refractivity (Wildman–Crippen MR) is 36.3 cm³/mol. The zero-order valence-electron chi connectivity index (χ0n) is 5.73. The van der Waals surface area contributed by atoms with Crippen molar-refractivity contribution >= 4 is 5.84 Å². The fourth-order valence-electron chi connectivity index (χ4n) is 0.635. The molecule has 0 aromatic rings. The van der Waals surface area contributed by atoms with Gasteiger partial charge in [0.1, 0.15) is 5.84 Å². The summed E-state index contributed by atoms with van der Waals surface area (Å²) in [6.45, 7) is 4.26. The van der Waals surface area contributed by atoms with Crippen LogP contribution in [0, 0.1) is 5.92 Å². The molecule has 1 rings (SSSR count). The highest BCUT2D eigenvalue weighted by molar-refractivity contribution is 5.84. The maximum atomic E-state index is 3.95. The summed E-state index contributed by atoms with van der Waals surface area (Å²) in [7, 11) is 0. The molecule has 1 aliphatic heterocycles. The van der Waals surface area contributed by atoms with Gasteiger partial charge in [0.25, 0.3) is 0 Å². The summed E-state index contributed by atoms with van der Waals surface area (Å²) >= 11 is 0. The lowest BCUT2D eigenvalue weighted by molar-refractivity contribution is 0.571. The molecule has 4 nitrogen and oxygen atoms in total. The van der Waals surface area contributed by atoms with Crippen LogP contribution in [-0.2, 0) is 0 Å². The van der Waals surface area contributed by atoms with Crippen molar-refractivity contribution < 1.29 is 0 Å². The number of nitrogens with zero attached hydrogens (tertiary/aromatic N) is 1. The van der Waals surface area contributed by atoms with Crippen LogP contribution < -0.4 is 16.5 Å². The standard InChI is InChI=1S/C5H12N4/c1-3-4(2)5-6-8-9-7-5/h4,8-9H,3H2,1-2H3,(H,6,7). The Hall–Kier alpha value is -0.770. The molecule has 0 saturated carbocycles. The molecule has 4 heteroatoms. The average Bonchev–Trinajstić information content (AvgIpc) is 2.37. The zero-order chi connectivity index (χ0) is 6.69. The molecular weight excluding hydrogens is 116 g/mol. The van der Waals surface area contributed by atoms with E-state index in [0.29, 0.717) is 5.92 Å². The van der Waals surface area contributed by atoms with Crippen molar-refractivity contribution in [2.45, 2.75) is 20.3 Å². The molecule has 1 heterocycles. The lowest BCUT2D eigenvalue weighted by atomic mass is 10.1. The molecule has 1 atom stereocenters. The van der Waals surface area contributed by atoms with Gasteiger partial charge in [-0.1, -0.05) is 13.8 Å². The number of amidine groups is 1. The second-order valence-electron chi connectivity index (χ2n) is 2.17. The Bertz CT molecular complexity index is 120. The minimum absolute atomic E-state index is 0.507. The topological polar surface area (TPSA) is 48.5 Å². The molecule has 9 heavy (non-hydrogen) atoms. The quantitative estimate of drug-likeness (QED) is 0.489. The molecule has 0 bridgehead atoms. The second-order valence-corrected chi connectivity index (χ2v) is 2.17. The van der Waals surface area contributed by atoms with Gasteiger partial charge >= 0.3 is 0 Å². The third-order valence-corrected chi connectivity index (χ3v) is 1.50. The summed E-state index contributed by atoms with van der Waals surface area (Å²) in [4.78, 5) is 0. The molecule has 3 N–H and O–H groups in total. The lowest BCUT2D eigenvalue weighted by Crippen LogP contribution is -2.37. The summed E-state index contributed by atoms with van der Waals surface area (Å²) < 4.78 is 0. The first-order valence-electron chi connectivity index (χ1n) is 3.18. The van der Waals surface area contributed by atoms with Gasteiger partial charge in [-0.3, -0.25) is 5.43 Å². The van der Waals surface area contributed by atoms with E-state index in [1.54, 1.807) is 0 Å². The number of nitrogens with one attached hydrogen (secondary N) is 3. The van der Waals surface area contributed by atoms with E-state index in [2.05, 4.69) is 35.4 Å². The average molecular weight is 128 g/mol. The second kappa shape index (κ2) is 2.68. The Morgan fingerprint density at radius 3 is 2.89 bits per heavy atom. The van der Waals surface area contributed by atoms with Gasteiger partial charge in [-0.05, 0) is 6.42 Å². The molecule has 0 fully saturated rings. The van der Waals surface area contributed by atoms with Crippen LogP contribution in [0.5, 0.6) is 0 Å². The molecule has 1 aliphatic rings. The van der Waals surface area contributed by atoms with Gasteiger partial charge < -0.3 is 0 Å². The van der Waals surface area contributed by atoms with E-state index in [0.717, 1.165) is 12.3 Å². The van der Waals surface area contributed by atoms with Crippen molar-refractivity contribution in [1.82, 2.24) is 16.5 Å². The number of hydrogen-bond donors (Lipinski definition) is 3. The summed E-state index contributed by atoms with van der Waals surface area (Å²) in [5.41, 5.74) is 8.19. The Labute approximate surface area is 54.6 Å². The first-order valence-corrected chi connectivity index (χ1v) is 3.18. The Morgan fingerprint density at radius 2 is 2.44 bits per heavy atom. The molecule has 0 aromatic heterocycles. The fraction of sp³-hybridized carbons (Fsp3) is 0.800. The molecule has 0 amide bonds. The van der Waals surface area contributed by atoms with E-state index in [9.17, 15) is 0 Å². The van der Waals surface area contributed by atoms with Crippen molar-refractivity contribution in [1.29, 1.82) is 0 Å². The van der Waals surface area contributed by atoms with Crippen LogP contribution in [0.3, 0.4) is 0 Å². The third kappa shape index (κ3) is 1.32. The smallest absolute Gasteiger partial charge is 0.142 e. The molecular formula is C5H12N4. The Kier molecular flexibility index (Phi) is 1.89. The van der Waals surface area contributed by atoms with Crippen LogP contribution in [-0.4, -0.2) is 5.84 Å². The molecule has 1 unspecified atom stereocenters. The van der Waals surface area contributed by atoms with Gasteiger partial charge in [0.05, 0.1) is 0 Å². The molecule has 0 radical (unpaired) electrons. The number of rotatable bonds is 2. The van der Waals surface area contributed by atoms with Gasteiger partial charge in [-0.2, -0.15) is 0 Å². The minimum atomic E-state index is 0.507. The molecule has 0 aromatic carbocycles. The van der Waals surface area contributed by atoms with Crippen LogP contribution >= 0.6 is 0 Å². The monoisotopic (exact) mass is 128 g/mol. The highest BCUT2D eigenvalue weighted by atomic mass is 15.8. The molecule has 0 aliphatic carbocycles. The lowest BCUT2D eigenvalue weighted by Gasteiger charge is -2.05. The van der Waals surface area contributed by atoms with Crippen LogP contribution in [0.25, 0.3) is 0 Å². The normalized spacial score (nSPS) is 20.0. The Morgan fingerprint density at radius 1 is 1.67 bits per heavy atom. The summed E-state index contributed by atoms with van der Waals surface area (Å²) in [6, 6.07) is 0. The number of hydrazine groups is 2. The number of hydrogen-bond acceptors (Lipinski definition) is 4. The van der Waals surface area contributed by atoms with E-state index in [4.69, 9.17) is 0 Å². The largest absolute Gasteiger partial charge is 0.288 e. The SMILES string of the molecule is CCC(C)C1=NNNN1. The number of hydrazone groups is 1. The van der Waals surface area contributed by atoms with Gasteiger partial charge in [0.15, 0.2) is 0 Å². The van der Waals surface area contributed by atoms with Crippen molar-refractivity contribution in [2.24, 2.45) is 11.0 Å². The molecule has 0 spiro atoms. The van der Waals surface area contributed by atoms with Crippen LogP contribution in [0.15, 0.2) is 5.10 Å². The Balaban J connectivity index is 2.40. The van der Waals surface area contributed by atoms with Gasteiger partial charge in [0, 0.05) is 5.92 Å². The van der Waals surface area contributed by atoms with Crippen LogP contribution in [0.1, 0.15) is 20.3 Å². The van der Waals surface area contributed by atoms with Crippen molar-refractivity contribution in [3.05, 3.63) is 0 Å². The first-order chi connectivity index (χ1) is 4.34. The highest BCUT2D eigenvalue weighted by Gasteiger charge is 2.10. The summed E-state index contributed by atoms with van der Waals surface area (Å²) in [5.74, 6) is 1.49. The van der Waals surface area contributed by atoms with E-state index in [-0.39, 0.29) is 0 Å². The summed E-state index contributed by atoms with van der Waals surface area (Å²) in [6.07, 6.45) is 1.11. The summed E-state index contributed by atoms with van der Waals surface area (Å²) in [5, 5.41) is 3.95. The van der Waals surface area contributed by atoms with Crippen molar-refractivity contribution in [3.8, 4) is 0 Å². The molecule has 52 valence electrons. The van der Waals surface area contributed by atoms with E-state index < -0.39 is 0 Å². The third-order valence-electron chi connectivity index (χ3n) is 1.50. The fourth-order valence-corrected chi connectivity index (χ4v) is 0.635. The predicted octanol–water partition coefficient (Wildman–Crippen LogP) is -0.0416. The van der Waals surface area contributed by atoms with Crippen LogP contribution in [0.2, 0.25) is 0 Å². The van der Waals surface area contributed by atoms with Crippen LogP contribution in [0.4, 0.5) is 0 Å². The highest BCUT2D eigenvalue weighted by Crippen LogP contribution is 2.01. The minimum Gasteiger partial charge on any atom is -0.288 e. The van der Waals surface area contributed by atoms with E-state index in [1.807, 2.05) is 0 Å². The van der Waals surface area contributed by atoms with Gasteiger partial charge in [-0.15, -0.1) is 10.6 Å². The van der Waals surface area contributed by atoms with E-state index >= 15 is 0 Å². The van der Waals surface area contributed by atoms with Crippen molar-refractivity contribution in [3.63, 3.8) is 0 Å². The maximum Gasteiger partial charge on any atom is 0.142 e. The molecule has 0 saturated heterocycles. The van der Waals surface area contributed by atoms with Crippen molar-refractivity contribution in [2.75, 3.05) is 0 Å².